The number of nitrogens with zero attached hydrogens (tertiary/aromatic N) is 3. The van der Waals surface area contributed by atoms with Crippen LogP contribution in [0.3, 0.4) is 0 Å². The Balaban J connectivity index is 2.49. The topological polar surface area (TPSA) is 50.2 Å². The van der Waals surface area contributed by atoms with E-state index in [1.807, 2.05) is 18.3 Å². The average molecular weight is 178 g/mol. The lowest BCUT2D eigenvalue weighted by Gasteiger charge is -2.09. The Morgan fingerprint density at radius 3 is 2.77 bits per heavy atom. The smallest absolute Gasteiger partial charge is 0.168 e. The Morgan fingerprint density at radius 1 is 1.46 bits per heavy atom. The van der Waals surface area contributed by atoms with Crippen LogP contribution in [0.25, 0.3) is 0 Å². The molecule has 0 radical (unpaired) electrons. The van der Waals surface area contributed by atoms with Crippen LogP contribution in [-0.4, -0.2) is 16.4 Å². The fraction of sp³-hybridized carbons (Fsp3) is 0.444. The van der Waals surface area contributed by atoms with Gasteiger partial charge in [0, 0.05) is 12.4 Å². The molecule has 1 aromatic rings. The van der Waals surface area contributed by atoms with E-state index in [-0.39, 0.29) is 5.41 Å². The molecule has 0 fully saturated rings. The molecule has 0 amide bonds. The van der Waals surface area contributed by atoms with Crippen LogP contribution < -0.4 is 5.43 Å². The molecule has 0 aliphatic heterocycles. The zero-order valence-corrected chi connectivity index (χ0v) is 8.15. The maximum absolute atomic E-state index is 4.04. The number of nitrogens with one attached hydrogen (secondary N) is 1. The van der Waals surface area contributed by atoms with Gasteiger partial charge in [0.15, 0.2) is 5.82 Å². The van der Waals surface area contributed by atoms with Gasteiger partial charge in [-0.05, 0) is 17.5 Å². The normalized spacial score (nSPS) is 11.9. The lowest BCUT2D eigenvalue weighted by molar-refractivity contribution is 0.606. The van der Waals surface area contributed by atoms with Gasteiger partial charge in [0.25, 0.3) is 0 Å². The summed E-state index contributed by atoms with van der Waals surface area (Å²) in [4.78, 5) is 0. The number of aromatic nitrogens is 2. The predicted molar refractivity (Wildman–Crippen MR) is 53.6 cm³/mol. The lowest BCUT2D eigenvalue weighted by atomic mass is 9.99. The zero-order chi connectivity index (χ0) is 9.73. The fourth-order valence-corrected chi connectivity index (χ4v) is 0.653. The van der Waals surface area contributed by atoms with E-state index in [9.17, 15) is 0 Å². The summed E-state index contributed by atoms with van der Waals surface area (Å²) in [6, 6.07) is 3.62. The highest BCUT2D eigenvalue weighted by Gasteiger charge is 2.04. The molecule has 1 aromatic heterocycles. The highest BCUT2D eigenvalue weighted by molar-refractivity contribution is 5.64. The van der Waals surface area contributed by atoms with Gasteiger partial charge in [0.05, 0.1) is 0 Å². The molecule has 0 saturated carbocycles. The van der Waals surface area contributed by atoms with Crippen LogP contribution in [0.4, 0.5) is 5.82 Å². The van der Waals surface area contributed by atoms with E-state index >= 15 is 0 Å². The molecule has 0 saturated heterocycles. The lowest BCUT2D eigenvalue weighted by Crippen LogP contribution is -2.07. The molecule has 0 spiro atoms. The van der Waals surface area contributed by atoms with Crippen molar-refractivity contribution in [3.8, 4) is 0 Å². The van der Waals surface area contributed by atoms with E-state index in [0.717, 1.165) is 0 Å². The second-order valence-corrected chi connectivity index (χ2v) is 3.84. The first-order chi connectivity index (χ1) is 6.08. The van der Waals surface area contributed by atoms with Crippen molar-refractivity contribution in [2.24, 2.45) is 10.5 Å². The van der Waals surface area contributed by atoms with Gasteiger partial charge in [-0.3, -0.25) is 5.43 Å². The van der Waals surface area contributed by atoms with E-state index in [1.165, 1.54) is 0 Å². The van der Waals surface area contributed by atoms with Crippen LogP contribution in [0.1, 0.15) is 20.8 Å². The van der Waals surface area contributed by atoms with E-state index in [1.54, 1.807) is 6.20 Å². The SMILES string of the molecule is CC(C)(C)/C=N/Nc1cccnn1. The van der Waals surface area contributed by atoms with Gasteiger partial charge in [-0.2, -0.15) is 10.2 Å². The predicted octanol–water partition coefficient (Wildman–Crippen LogP) is 1.92. The second-order valence-electron chi connectivity index (χ2n) is 3.84. The molecule has 0 unspecified atom stereocenters. The van der Waals surface area contributed by atoms with Crippen LogP contribution >= 0.6 is 0 Å². The average Bonchev–Trinajstić information content (AvgIpc) is 2.04. The largest absolute Gasteiger partial charge is 0.260 e. The van der Waals surface area contributed by atoms with Crippen molar-refractivity contribution in [3.05, 3.63) is 18.3 Å². The Kier molecular flexibility index (Phi) is 2.95. The molecular formula is C9H14N4. The number of anilines is 1. The molecule has 0 bridgehead atoms. The molecule has 0 atom stereocenters. The van der Waals surface area contributed by atoms with Gasteiger partial charge in [-0.1, -0.05) is 20.8 Å². The molecule has 1 heterocycles. The van der Waals surface area contributed by atoms with Crippen molar-refractivity contribution in [1.82, 2.24) is 10.2 Å². The van der Waals surface area contributed by atoms with Crippen LogP contribution in [0.2, 0.25) is 0 Å². The Labute approximate surface area is 78.1 Å². The minimum absolute atomic E-state index is 0.0786. The maximum Gasteiger partial charge on any atom is 0.168 e. The van der Waals surface area contributed by atoms with Crippen molar-refractivity contribution in [3.63, 3.8) is 0 Å². The Morgan fingerprint density at radius 2 is 2.23 bits per heavy atom. The summed E-state index contributed by atoms with van der Waals surface area (Å²) in [5.74, 6) is 0.656. The maximum atomic E-state index is 4.04. The standard InChI is InChI=1S/C9H14N4/c1-9(2,3)7-11-13-8-5-4-6-10-12-8/h4-7H,1-3H3,(H,12,13)/b11-7+. The molecule has 4 nitrogen and oxygen atoms in total. The third-order valence-electron chi connectivity index (χ3n) is 1.20. The minimum Gasteiger partial charge on any atom is -0.260 e. The van der Waals surface area contributed by atoms with Gasteiger partial charge in [-0.15, -0.1) is 5.10 Å². The molecule has 13 heavy (non-hydrogen) atoms. The Hall–Kier alpha value is -1.45. The van der Waals surface area contributed by atoms with Gasteiger partial charge < -0.3 is 0 Å². The van der Waals surface area contributed by atoms with Gasteiger partial charge >= 0.3 is 0 Å². The molecule has 1 N–H and O–H groups in total. The van der Waals surface area contributed by atoms with Gasteiger partial charge in [0.2, 0.25) is 0 Å². The number of hydrogen-bond donors (Lipinski definition) is 1. The molecule has 1 rings (SSSR count). The van der Waals surface area contributed by atoms with E-state index in [2.05, 4.69) is 41.5 Å². The highest BCUT2D eigenvalue weighted by atomic mass is 15.3. The van der Waals surface area contributed by atoms with Gasteiger partial charge in [-0.25, -0.2) is 0 Å². The van der Waals surface area contributed by atoms with Gasteiger partial charge in [0.1, 0.15) is 0 Å². The van der Waals surface area contributed by atoms with E-state index in [4.69, 9.17) is 0 Å². The van der Waals surface area contributed by atoms with Crippen LogP contribution in [0.5, 0.6) is 0 Å². The van der Waals surface area contributed by atoms with Crippen LogP contribution in [-0.2, 0) is 0 Å². The molecule has 0 aliphatic rings. The molecular weight excluding hydrogens is 164 g/mol. The zero-order valence-electron chi connectivity index (χ0n) is 8.15. The first-order valence-electron chi connectivity index (χ1n) is 4.16. The van der Waals surface area contributed by atoms with Crippen LogP contribution in [0.15, 0.2) is 23.4 Å². The quantitative estimate of drug-likeness (QED) is 0.556. The first-order valence-corrected chi connectivity index (χ1v) is 4.16. The minimum atomic E-state index is 0.0786. The first kappa shape index (κ1) is 9.64. The summed E-state index contributed by atoms with van der Waals surface area (Å²) in [6.07, 6.45) is 3.46. The number of hydrazone groups is 1. The number of rotatable bonds is 2. The van der Waals surface area contributed by atoms with Crippen molar-refractivity contribution >= 4 is 12.0 Å². The third-order valence-corrected chi connectivity index (χ3v) is 1.20. The highest BCUT2D eigenvalue weighted by Crippen LogP contribution is 2.08. The summed E-state index contributed by atoms with van der Waals surface area (Å²) in [7, 11) is 0. The van der Waals surface area contributed by atoms with Crippen LogP contribution in [0, 0.1) is 5.41 Å². The fourth-order valence-electron chi connectivity index (χ4n) is 0.653. The summed E-state index contributed by atoms with van der Waals surface area (Å²) in [6.45, 7) is 6.23. The monoisotopic (exact) mass is 178 g/mol. The number of hydrogen-bond acceptors (Lipinski definition) is 4. The van der Waals surface area contributed by atoms with E-state index in [0.29, 0.717) is 5.82 Å². The van der Waals surface area contributed by atoms with Crippen molar-refractivity contribution in [2.45, 2.75) is 20.8 Å². The van der Waals surface area contributed by atoms with Crippen molar-refractivity contribution in [1.29, 1.82) is 0 Å². The summed E-state index contributed by atoms with van der Waals surface area (Å²) in [5.41, 5.74) is 2.88. The summed E-state index contributed by atoms with van der Waals surface area (Å²) >= 11 is 0. The second kappa shape index (κ2) is 3.98. The van der Waals surface area contributed by atoms with Crippen molar-refractivity contribution in [2.75, 3.05) is 5.43 Å². The Bertz CT molecular complexity index is 273. The van der Waals surface area contributed by atoms with Crippen molar-refractivity contribution < 1.29 is 0 Å². The van der Waals surface area contributed by atoms with E-state index < -0.39 is 0 Å². The third kappa shape index (κ3) is 4.20. The summed E-state index contributed by atoms with van der Waals surface area (Å²) < 4.78 is 0. The molecule has 0 aromatic carbocycles. The molecule has 70 valence electrons. The molecule has 0 aliphatic carbocycles. The summed E-state index contributed by atoms with van der Waals surface area (Å²) in [5, 5.41) is 11.6. The molecule has 4 heteroatoms.